The van der Waals surface area contributed by atoms with E-state index in [4.69, 9.17) is 5.90 Å². The second kappa shape index (κ2) is 6.90. The molecule has 0 saturated heterocycles. The van der Waals surface area contributed by atoms with Crippen LogP contribution in [0.2, 0.25) is 0 Å². The third kappa shape index (κ3) is 3.84. The smallest absolute Gasteiger partial charge is 0.146 e. The summed E-state index contributed by atoms with van der Waals surface area (Å²) in [4.78, 5) is 9.13. The van der Waals surface area contributed by atoms with Crippen LogP contribution in [0.25, 0.3) is 11.1 Å². The summed E-state index contributed by atoms with van der Waals surface area (Å²) in [5.41, 5.74) is 5.58. The monoisotopic (exact) mass is 302 g/mol. The van der Waals surface area contributed by atoms with Gasteiger partial charge < -0.3 is 4.84 Å². The third-order valence-corrected chi connectivity index (χ3v) is 3.63. The zero-order chi connectivity index (χ0) is 16.1. The predicted molar refractivity (Wildman–Crippen MR) is 95.1 cm³/mol. The van der Waals surface area contributed by atoms with Crippen LogP contribution in [0.3, 0.4) is 0 Å². The van der Waals surface area contributed by atoms with Crippen LogP contribution in [0.5, 0.6) is 5.75 Å². The minimum absolute atomic E-state index is 0.629. The zero-order valence-corrected chi connectivity index (χ0v) is 12.9. The fourth-order valence-corrected chi connectivity index (χ4v) is 2.27. The molecule has 0 aliphatic carbocycles. The molecule has 0 aromatic heterocycles. The van der Waals surface area contributed by atoms with Crippen LogP contribution in [-0.2, 0) is 0 Å². The minimum atomic E-state index is 0.629. The standard InChI is InChI=1S/C20H18N2O/c1-15-2-6-17(7-3-15)18-8-10-19(11-9-18)22-14-16-4-12-20(23-21)13-5-16/h2-14H,21H2,1H3. The molecule has 3 aromatic carbocycles. The molecule has 0 saturated carbocycles. The second-order valence-electron chi connectivity index (χ2n) is 5.36. The van der Waals surface area contributed by atoms with E-state index in [0.29, 0.717) is 5.75 Å². The van der Waals surface area contributed by atoms with E-state index in [0.717, 1.165) is 11.3 Å². The van der Waals surface area contributed by atoms with E-state index in [9.17, 15) is 0 Å². The molecule has 0 aliphatic heterocycles. The summed E-state index contributed by atoms with van der Waals surface area (Å²) in [5, 5.41) is 0. The summed E-state index contributed by atoms with van der Waals surface area (Å²) < 4.78 is 0. The topological polar surface area (TPSA) is 47.6 Å². The molecule has 0 aliphatic rings. The van der Waals surface area contributed by atoms with Gasteiger partial charge in [-0.25, -0.2) is 0 Å². The highest BCUT2D eigenvalue weighted by Gasteiger charge is 1.97. The Hall–Kier alpha value is -2.91. The molecule has 0 spiro atoms. The fourth-order valence-electron chi connectivity index (χ4n) is 2.27. The van der Waals surface area contributed by atoms with Gasteiger partial charge in [-0.15, -0.1) is 0 Å². The highest BCUT2D eigenvalue weighted by atomic mass is 16.6. The summed E-state index contributed by atoms with van der Waals surface area (Å²) in [6.45, 7) is 2.09. The second-order valence-corrected chi connectivity index (χ2v) is 5.36. The van der Waals surface area contributed by atoms with E-state index in [2.05, 4.69) is 53.2 Å². The average molecular weight is 302 g/mol. The van der Waals surface area contributed by atoms with E-state index in [1.807, 2.05) is 42.6 Å². The Morgan fingerprint density at radius 1 is 0.783 bits per heavy atom. The van der Waals surface area contributed by atoms with E-state index < -0.39 is 0 Å². The van der Waals surface area contributed by atoms with Crippen LogP contribution in [0.1, 0.15) is 11.1 Å². The number of hydrogen-bond acceptors (Lipinski definition) is 3. The van der Waals surface area contributed by atoms with Crippen molar-refractivity contribution in [3.05, 3.63) is 83.9 Å². The number of nitrogens with zero attached hydrogens (tertiary/aromatic N) is 1. The maximum atomic E-state index is 5.10. The van der Waals surface area contributed by atoms with Gasteiger partial charge in [-0.1, -0.05) is 42.0 Å². The van der Waals surface area contributed by atoms with E-state index >= 15 is 0 Å². The molecule has 0 radical (unpaired) electrons. The van der Waals surface area contributed by atoms with Crippen molar-refractivity contribution in [1.29, 1.82) is 0 Å². The maximum Gasteiger partial charge on any atom is 0.146 e. The van der Waals surface area contributed by atoms with Crippen LogP contribution < -0.4 is 10.7 Å². The lowest BCUT2D eigenvalue weighted by atomic mass is 10.0. The third-order valence-electron chi connectivity index (χ3n) is 3.63. The van der Waals surface area contributed by atoms with Gasteiger partial charge in [0.25, 0.3) is 0 Å². The predicted octanol–water partition coefficient (Wildman–Crippen LogP) is 4.67. The van der Waals surface area contributed by atoms with Crippen molar-refractivity contribution in [2.45, 2.75) is 6.92 Å². The zero-order valence-electron chi connectivity index (χ0n) is 12.9. The summed E-state index contributed by atoms with van der Waals surface area (Å²) in [6, 6.07) is 24.1. The van der Waals surface area contributed by atoms with Gasteiger partial charge in [-0.2, -0.15) is 5.90 Å². The Morgan fingerprint density at radius 2 is 1.35 bits per heavy atom. The Kier molecular flexibility index (Phi) is 4.50. The lowest BCUT2D eigenvalue weighted by Gasteiger charge is -2.03. The van der Waals surface area contributed by atoms with Crippen LogP contribution in [0.4, 0.5) is 5.69 Å². The molecule has 0 atom stereocenters. The molecule has 0 heterocycles. The lowest BCUT2D eigenvalue weighted by Crippen LogP contribution is -2.01. The first kappa shape index (κ1) is 15.0. The van der Waals surface area contributed by atoms with Gasteiger partial charge >= 0.3 is 0 Å². The van der Waals surface area contributed by atoms with Crippen LogP contribution in [-0.4, -0.2) is 6.21 Å². The molecule has 114 valence electrons. The van der Waals surface area contributed by atoms with Gasteiger partial charge in [0.1, 0.15) is 5.75 Å². The number of hydrogen-bond donors (Lipinski definition) is 1. The largest absolute Gasteiger partial charge is 0.412 e. The number of nitrogens with two attached hydrogens (primary N) is 1. The van der Waals surface area contributed by atoms with Crippen molar-refractivity contribution in [2.75, 3.05) is 0 Å². The van der Waals surface area contributed by atoms with Gasteiger partial charge in [-0.05, 0) is 60.0 Å². The first-order valence-electron chi connectivity index (χ1n) is 7.42. The number of aliphatic imine (C=N–C) groups is 1. The summed E-state index contributed by atoms with van der Waals surface area (Å²) in [6.07, 6.45) is 1.82. The van der Waals surface area contributed by atoms with Gasteiger partial charge in [0.05, 0.1) is 5.69 Å². The first-order chi connectivity index (χ1) is 11.2. The van der Waals surface area contributed by atoms with Gasteiger partial charge in [0.15, 0.2) is 0 Å². The van der Waals surface area contributed by atoms with E-state index in [1.165, 1.54) is 16.7 Å². The fraction of sp³-hybridized carbons (Fsp3) is 0.0500. The molecule has 2 N–H and O–H groups in total. The molecular formula is C20H18N2O. The average Bonchev–Trinajstić information content (AvgIpc) is 2.61. The van der Waals surface area contributed by atoms with E-state index in [1.54, 1.807) is 0 Å². The van der Waals surface area contributed by atoms with Crippen molar-refractivity contribution >= 4 is 11.9 Å². The minimum Gasteiger partial charge on any atom is -0.412 e. The molecule has 0 unspecified atom stereocenters. The summed E-state index contributed by atoms with van der Waals surface area (Å²) >= 11 is 0. The molecule has 0 bridgehead atoms. The van der Waals surface area contributed by atoms with Crippen LogP contribution in [0.15, 0.2) is 77.8 Å². The Balaban J connectivity index is 1.73. The molecule has 3 rings (SSSR count). The maximum absolute atomic E-state index is 5.10. The molecule has 23 heavy (non-hydrogen) atoms. The molecule has 0 fully saturated rings. The summed E-state index contributed by atoms with van der Waals surface area (Å²) in [7, 11) is 0. The van der Waals surface area contributed by atoms with E-state index in [-0.39, 0.29) is 0 Å². The van der Waals surface area contributed by atoms with Gasteiger partial charge in [0, 0.05) is 6.21 Å². The molecule has 3 heteroatoms. The van der Waals surface area contributed by atoms with Crippen LogP contribution in [0, 0.1) is 6.92 Å². The number of benzene rings is 3. The Bertz CT molecular complexity index is 789. The van der Waals surface area contributed by atoms with Gasteiger partial charge in [-0.3, -0.25) is 4.99 Å². The van der Waals surface area contributed by atoms with Crippen molar-refractivity contribution in [1.82, 2.24) is 0 Å². The summed E-state index contributed by atoms with van der Waals surface area (Å²) in [5.74, 6) is 5.73. The molecule has 0 amide bonds. The Labute approximate surface area is 136 Å². The number of rotatable bonds is 4. The highest BCUT2D eigenvalue weighted by molar-refractivity contribution is 5.82. The van der Waals surface area contributed by atoms with Crippen molar-refractivity contribution in [3.8, 4) is 16.9 Å². The molecule has 3 nitrogen and oxygen atoms in total. The quantitative estimate of drug-likeness (QED) is 0.562. The SMILES string of the molecule is Cc1ccc(-c2ccc(N=Cc3ccc(ON)cc3)cc2)cc1. The Morgan fingerprint density at radius 3 is 1.91 bits per heavy atom. The lowest BCUT2D eigenvalue weighted by molar-refractivity contribution is 0.334. The van der Waals surface area contributed by atoms with Crippen molar-refractivity contribution in [2.24, 2.45) is 10.9 Å². The first-order valence-corrected chi connectivity index (χ1v) is 7.42. The van der Waals surface area contributed by atoms with Crippen molar-refractivity contribution < 1.29 is 4.84 Å². The normalized spacial score (nSPS) is 10.9. The number of aryl methyl sites for hydroxylation is 1. The molecule has 3 aromatic rings. The highest BCUT2D eigenvalue weighted by Crippen LogP contribution is 2.23. The molecular weight excluding hydrogens is 284 g/mol. The van der Waals surface area contributed by atoms with Gasteiger partial charge in [0.2, 0.25) is 0 Å². The van der Waals surface area contributed by atoms with Crippen LogP contribution >= 0.6 is 0 Å². The van der Waals surface area contributed by atoms with Crippen molar-refractivity contribution in [3.63, 3.8) is 0 Å².